The maximum Gasteiger partial charge on any atom is 0.254 e. The lowest BCUT2D eigenvalue weighted by Gasteiger charge is -2.37. The van der Waals surface area contributed by atoms with Gasteiger partial charge in [0, 0.05) is 31.9 Å². The van der Waals surface area contributed by atoms with Crippen molar-refractivity contribution in [2.75, 3.05) is 6.54 Å². The quantitative estimate of drug-likeness (QED) is 0.373. The third-order valence-corrected chi connectivity index (χ3v) is 6.67. The van der Waals surface area contributed by atoms with E-state index in [-0.39, 0.29) is 18.4 Å². The van der Waals surface area contributed by atoms with Gasteiger partial charge in [-0.2, -0.15) is 0 Å². The number of halogens is 1. The summed E-state index contributed by atoms with van der Waals surface area (Å²) in [5, 5.41) is 0. The van der Waals surface area contributed by atoms with Crippen LogP contribution in [0, 0.1) is 6.92 Å². The molecule has 1 aromatic heterocycles. The zero-order valence-corrected chi connectivity index (χ0v) is 21.4. The Kier molecular flexibility index (Phi) is 7.91. The highest BCUT2D eigenvalue weighted by Gasteiger charge is 2.31. The predicted octanol–water partition coefficient (Wildman–Crippen LogP) is 6.29. The van der Waals surface area contributed by atoms with Crippen molar-refractivity contribution in [3.63, 3.8) is 0 Å². The van der Waals surface area contributed by atoms with Crippen LogP contribution in [0.5, 0.6) is 0 Å². The normalized spacial score (nSPS) is 11.3. The Morgan fingerprint density at radius 3 is 2.12 bits per heavy atom. The van der Waals surface area contributed by atoms with Crippen molar-refractivity contribution >= 4 is 39.1 Å². The van der Waals surface area contributed by atoms with Crippen molar-refractivity contribution in [1.82, 2.24) is 9.80 Å². The molecule has 0 bridgehead atoms. The van der Waals surface area contributed by atoms with Crippen LogP contribution in [0.15, 0.2) is 71.2 Å². The third-order valence-electron chi connectivity index (χ3n) is 5.15. The number of hydrogen-bond acceptors (Lipinski definition) is 3. The smallest absolute Gasteiger partial charge is 0.254 e. The molecule has 2 aromatic carbocycles. The van der Waals surface area contributed by atoms with Gasteiger partial charge in [0.1, 0.15) is 6.54 Å². The van der Waals surface area contributed by atoms with Gasteiger partial charge in [-0.25, -0.2) is 0 Å². The third kappa shape index (κ3) is 6.53. The molecule has 0 fully saturated rings. The van der Waals surface area contributed by atoms with Gasteiger partial charge < -0.3 is 9.80 Å². The first-order valence-electron chi connectivity index (χ1n) is 10.6. The Hall–Kier alpha value is -2.44. The second-order valence-electron chi connectivity index (χ2n) is 8.82. The van der Waals surface area contributed by atoms with Gasteiger partial charge in [0.2, 0.25) is 5.91 Å². The van der Waals surface area contributed by atoms with E-state index in [9.17, 15) is 9.59 Å². The Morgan fingerprint density at radius 1 is 0.906 bits per heavy atom. The highest BCUT2D eigenvalue weighted by molar-refractivity contribution is 9.10. The lowest BCUT2D eigenvalue weighted by molar-refractivity contribution is -0.134. The minimum atomic E-state index is -0.502. The predicted molar refractivity (Wildman–Crippen MR) is 135 cm³/mol. The van der Waals surface area contributed by atoms with E-state index < -0.39 is 5.54 Å². The second kappa shape index (κ2) is 10.5. The highest BCUT2D eigenvalue weighted by Crippen LogP contribution is 2.22. The van der Waals surface area contributed by atoms with E-state index in [0.717, 1.165) is 14.9 Å². The molecule has 0 radical (unpaired) electrons. The molecule has 6 heteroatoms. The fourth-order valence-corrected chi connectivity index (χ4v) is 4.56. The maximum absolute atomic E-state index is 13.5. The minimum absolute atomic E-state index is 0.0234. The molecule has 0 aliphatic heterocycles. The van der Waals surface area contributed by atoms with Crippen molar-refractivity contribution in [3.8, 4) is 0 Å². The number of rotatable bonds is 7. The first kappa shape index (κ1) is 24.2. The van der Waals surface area contributed by atoms with Crippen molar-refractivity contribution in [2.24, 2.45) is 0 Å². The Morgan fingerprint density at radius 2 is 1.56 bits per heavy atom. The van der Waals surface area contributed by atoms with Crippen LogP contribution in [0.25, 0.3) is 0 Å². The summed E-state index contributed by atoms with van der Waals surface area (Å²) in [6.07, 6.45) is 0. The largest absolute Gasteiger partial charge is 0.332 e. The van der Waals surface area contributed by atoms with Crippen LogP contribution in [0.1, 0.15) is 46.4 Å². The zero-order valence-electron chi connectivity index (χ0n) is 19.0. The van der Waals surface area contributed by atoms with E-state index in [0.29, 0.717) is 18.7 Å². The minimum Gasteiger partial charge on any atom is -0.332 e. The van der Waals surface area contributed by atoms with Gasteiger partial charge in [-0.1, -0.05) is 46.3 Å². The molecule has 168 valence electrons. The monoisotopic (exact) mass is 512 g/mol. The average molecular weight is 514 g/mol. The van der Waals surface area contributed by atoms with E-state index in [1.807, 2.05) is 68.1 Å². The molecule has 0 saturated heterocycles. The maximum atomic E-state index is 13.5. The van der Waals surface area contributed by atoms with Crippen LogP contribution in [0.2, 0.25) is 0 Å². The Balaban J connectivity index is 1.84. The number of carbonyl (C=O) groups is 2. The van der Waals surface area contributed by atoms with Crippen LogP contribution in [-0.4, -0.2) is 33.7 Å². The summed E-state index contributed by atoms with van der Waals surface area (Å²) in [4.78, 5) is 32.7. The first-order valence-corrected chi connectivity index (χ1v) is 12.2. The Bertz CT molecular complexity index is 1060. The topological polar surface area (TPSA) is 40.6 Å². The van der Waals surface area contributed by atoms with Crippen LogP contribution < -0.4 is 0 Å². The summed E-state index contributed by atoms with van der Waals surface area (Å²) in [6, 6.07) is 21.4. The summed E-state index contributed by atoms with van der Waals surface area (Å²) in [5.74, 6) is -0.217. The number of carbonyl (C=O) groups excluding carboxylic acids is 2. The molecular formula is C26H29BrN2O2S. The SMILES string of the molecule is Cc1ccc(CN(Cc2ccccc2)C(=O)CN(C(=O)c2ccc(Br)cc2)C(C)(C)C)s1. The first-order chi connectivity index (χ1) is 15.1. The van der Waals surface area contributed by atoms with Crippen molar-refractivity contribution in [2.45, 2.75) is 46.3 Å². The molecule has 1 heterocycles. The van der Waals surface area contributed by atoms with E-state index >= 15 is 0 Å². The van der Waals surface area contributed by atoms with Crippen LogP contribution >= 0.6 is 27.3 Å². The van der Waals surface area contributed by atoms with Gasteiger partial charge in [0.25, 0.3) is 5.91 Å². The molecule has 0 aliphatic rings. The second-order valence-corrected chi connectivity index (χ2v) is 11.1. The van der Waals surface area contributed by atoms with Gasteiger partial charge in [0.05, 0.1) is 6.54 Å². The van der Waals surface area contributed by atoms with Gasteiger partial charge in [0.15, 0.2) is 0 Å². The van der Waals surface area contributed by atoms with Crippen molar-refractivity contribution < 1.29 is 9.59 Å². The number of thiophene rings is 1. The molecule has 0 spiro atoms. The molecule has 3 aromatic rings. The van der Waals surface area contributed by atoms with Crippen LogP contribution in [-0.2, 0) is 17.9 Å². The summed E-state index contributed by atoms with van der Waals surface area (Å²) in [6.45, 7) is 8.99. The summed E-state index contributed by atoms with van der Waals surface area (Å²) >= 11 is 5.10. The lowest BCUT2D eigenvalue weighted by atomic mass is 10.0. The summed E-state index contributed by atoms with van der Waals surface area (Å²) in [7, 11) is 0. The van der Waals surface area contributed by atoms with Gasteiger partial charge in [-0.05, 0) is 69.7 Å². The molecule has 2 amide bonds. The molecule has 0 atom stereocenters. The number of aryl methyl sites for hydroxylation is 1. The fraction of sp³-hybridized carbons (Fsp3) is 0.308. The molecule has 0 aliphatic carbocycles. The van der Waals surface area contributed by atoms with Crippen LogP contribution in [0.3, 0.4) is 0 Å². The fourth-order valence-electron chi connectivity index (χ4n) is 3.39. The molecule has 32 heavy (non-hydrogen) atoms. The zero-order chi connectivity index (χ0) is 23.3. The van der Waals surface area contributed by atoms with Crippen molar-refractivity contribution in [3.05, 3.63) is 92.1 Å². The Labute approximate surface area is 203 Å². The number of benzene rings is 2. The standard InChI is InChI=1S/C26H29BrN2O2S/c1-19-10-15-23(32-19)17-28(16-20-8-6-5-7-9-20)24(30)18-29(26(2,3)4)25(31)21-11-13-22(27)14-12-21/h5-15H,16-18H2,1-4H3. The number of nitrogens with zero attached hydrogens (tertiary/aromatic N) is 2. The van der Waals surface area contributed by atoms with Crippen LogP contribution in [0.4, 0.5) is 0 Å². The molecule has 3 rings (SSSR count). The average Bonchev–Trinajstić information content (AvgIpc) is 3.16. The van der Waals surface area contributed by atoms with E-state index in [2.05, 4.69) is 35.0 Å². The summed E-state index contributed by atoms with van der Waals surface area (Å²) < 4.78 is 0.910. The van der Waals surface area contributed by atoms with Gasteiger partial charge >= 0.3 is 0 Å². The number of amides is 2. The molecular weight excluding hydrogens is 484 g/mol. The summed E-state index contributed by atoms with van der Waals surface area (Å²) in [5.41, 5.74) is 1.13. The van der Waals surface area contributed by atoms with E-state index in [1.165, 1.54) is 4.88 Å². The van der Waals surface area contributed by atoms with E-state index in [4.69, 9.17) is 0 Å². The number of hydrogen-bond donors (Lipinski definition) is 0. The lowest BCUT2D eigenvalue weighted by Crippen LogP contribution is -2.51. The van der Waals surface area contributed by atoms with Gasteiger partial charge in [-0.15, -0.1) is 11.3 Å². The molecule has 0 N–H and O–H groups in total. The van der Waals surface area contributed by atoms with Gasteiger partial charge in [-0.3, -0.25) is 9.59 Å². The van der Waals surface area contributed by atoms with Crippen molar-refractivity contribution in [1.29, 1.82) is 0 Å². The van der Waals surface area contributed by atoms with E-state index in [1.54, 1.807) is 28.4 Å². The molecule has 4 nitrogen and oxygen atoms in total. The molecule has 0 unspecified atom stereocenters. The molecule has 0 saturated carbocycles. The highest BCUT2D eigenvalue weighted by atomic mass is 79.9.